The van der Waals surface area contributed by atoms with Crippen LogP contribution in [0.4, 0.5) is 5.69 Å². The minimum atomic E-state index is -0.229. The highest BCUT2D eigenvalue weighted by Gasteiger charge is 2.38. The van der Waals surface area contributed by atoms with Crippen molar-refractivity contribution >= 4 is 29.0 Å². The second-order valence-electron chi connectivity index (χ2n) is 6.36. The van der Waals surface area contributed by atoms with E-state index >= 15 is 0 Å². The number of likely N-dealkylation sites (N-methyl/N-ethyl adjacent to an activating group) is 1. The van der Waals surface area contributed by atoms with E-state index in [4.69, 9.17) is 17.0 Å². The number of amides is 1. The van der Waals surface area contributed by atoms with E-state index in [1.807, 2.05) is 25.3 Å². The number of anilines is 1. The molecule has 4 nitrogen and oxygen atoms in total. The molecule has 1 fully saturated rings. The van der Waals surface area contributed by atoms with E-state index in [0.29, 0.717) is 6.54 Å². The van der Waals surface area contributed by atoms with Crippen LogP contribution in [0.3, 0.4) is 0 Å². The zero-order valence-corrected chi connectivity index (χ0v) is 14.9. The molecule has 1 saturated heterocycles. The van der Waals surface area contributed by atoms with Crippen LogP contribution >= 0.6 is 12.2 Å². The third-order valence-corrected chi connectivity index (χ3v) is 4.82. The van der Waals surface area contributed by atoms with Crippen molar-refractivity contribution in [1.82, 2.24) is 4.90 Å². The Balaban J connectivity index is 1.95. The van der Waals surface area contributed by atoms with E-state index in [2.05, 4.69) is 37.5 Å². The van der Waals surface area contributed by atoms with Gasteiger partial charge in [0.05, 0.1) is 0 Å². The summed E-state index contributed by atoms with van der Waals surface area (Å²) in [5.74, 6) is 0.0160. The maximum atomic E-state index is 12.3. The molecule has 5 heteroatoms. The summed E-state index contributed by atoms with van der Waals surface area (Å²) in [6, 6.07) is 8.31. The molecule has 0 bridgehead atoms. The Morgan fingerprint density at radius 1 is 1.29 bits per heavy atom. The molecule has 0 aromatic heterocycles. The van der Waals surface area contributed by atoms with Crippen LogP contribution in [0.5, 0.6) is 0 Å². The lowest BCUT2D eigenvalue weighted by atomic mass is 9.84. The van der Waals surface area contributed by atoms with Gasteiger partial charge in [0.25, 0.3) is 11.1 Å². The van der Waals surface area contributed by atoms with Gasteiger partial charge >= 0.3 is 0 Å². The predicted molar refractivity (Wildman–Crippen MR) is 99.6 cm³/mol. The van der Waals surface area contributed by atoms with E-state index in [0.717, 1.165) is 5.70 Å². The van der Waals surface area contributed by atoms with Crippen molar-refractivity contribution in [3.63, 3.8) is 0 Å². The molecule has 1 aromatic rings. The summed E-state index contributed by atoms with van der Waals surface area (Å²) in [6.45, 7) is 8.33. The average Bonchev–Trinajstić information content (AvgIpc) is 2.92. The molecular weight excluding hydrogens is 320 g/mol. The van der Waals surface area contributed by atoms with Gasteiger partial charge in [0, 0.05) is 30.4 Å². The molecule has 124 valence electrons. The van der Waals surface area contributed by atoms with Crippen LogP contribution in [0.25, 0.3) is 0 Å². The van der Waals surface area contributed by atoms with Gasteiger partial charge in [-0.3, -0.25) is 9.69 Å². The van der Waals surface area contributed by atoms with Crippen molar-refractivity contribution in [2.75, 3.05) is 18.5 Å². The summed E-state index contributed by atoms with van der Waals surface area (Å²) >= 11 is 5.10. The first-order chi connectivity index (χ1) is 11.4. The Bertz CT molecular complexity index is 792. The fourth-order valence-electron chi connectivity index (χ4n) is 3.26. The van der Waals surface area contributed by atoms with Crippen LogP contribution in [-0.4, -0.2) is 29.6 Å². The SMILES string of the molecule is C=CCN1C(=O)/C(=C\C=C2\N(C)c3ccccc3C2(C)C)OC1=S. The van der Waals surface area contributed by atoms with Gasteiger partial charge in [0.15, 0.2) is 5.76 Å². The molecule has 0 atom stereocenters. The average molecular weight is 340 g/mol. The van der Waals surface area contributed by atoms with Crippen molar-refractivity contribution in [2.24, 2.45) is 0 Å². The van der Waals surface area contributed by atoms with Crippen molar-refractivity contribution < 1.29 is 9.53 Å². The molecule has 1 amide bonds. The topological polar surface area (TPSA) is 32.8 Å². The number of carbonyl (C=O) groups is 1. The second kappa shape index (κ2) is 5.91. The molecule has 3 rings (SSSR count). The van der Waals surface area contributed by atoms with Gasteiger partial charge in [0.2, 0.25) is 0 Å². The van der Waals surface area contributed by atoms with Gasteiger partial charge in [-0.1, -0.05) is 38.1 Å². The largest absolute Gasteiger partial charge is 0.426 e. The Labute approximate surface area is 147 Å². The fraction of sp³-hybridized carbons (Fsp3) is 0.263. The first-order valence-corrected chi connectivity index (χ1v) is 8.19. The van der Waals surface area contributed by atoms with E-state index in [9.17, 15) is 4.79 Å². The van der Waals surface area contributed by atoms with Gasteiger partial charge in [-0.25, -0.2) is 0 Å². The number of para-hydroxylation sites is 1. The molecule has 2 aliphatic heterocycles. The lowest BCUT2D eigenvalue weighted by molar-refractivity contribution is -0.122. The zero-order chi connectivity index (χ0) is 17.5. The van der Waals surface area contributed by atoms with E-state index in [1.165, 1.54) is 16.2 Å². The summed E-state index contributed by atoms with van der Waals surface area (Å²) < 4.78 is 5.44. The number of carbonyl (C=O) groups excluding carboxylic acids is 1. The standard InChI is InChI=1S/C19H20N2O2S/c1-5-12-21-17(22)15(23-18(21)24)10-11-16-19(2,3)13-8-6-7-9-14(13)20(16)4/h5-11H,1,12H2,2-4H3/b15-10+,16-11+. The number of hydrogen-bond donors (Lipinski definition) is 0. The lowest BCUT2D eigenvalue weighted by Gasteiger charge is -2.23. The summed E-state index contributed by atoms with van der Waals surface area (Å²) in [4.78, 5) is 15.9. The first-order valence-electron chi connectivity index (χ1n) is 7.78. The van der Waals surface area contributed by atoms with Gasteiger partial charge < -0.3 is 9.64 Å². The number of nitrogens with zero attached hydrogens (tertiary/aromatic N) is 2. The maximum absolute atomic E-state index is 12.3. The molecule has 0 N–H and O–H groups in total. The fourth-order valence-corrected chi connectivity index (χ4v) is 3.50. The normalized spacial score (nSPS) is 22.3. The highest BCUT2D eigenvalue weighted by Crippen LogP contribution is 2.46. The number of fused-ring (bicyclic) bond motifs is 1. The molecule has 24 heavy (non-hydrogen) atoms. The molecule has 2 aliphatic rings. The Morgan fingerprint density at radius 3 is 2.67 bits per heavy atom. The summed E-state index contributed by atoms with van der Waals surface area (Å²) in [5, 5.41) is 0.173. The molecule has 0 aliphatic carbocycles. The molecule has 0 spiro atoms. The number of rotatable bonds is 3. The number of ether oxygens (including phenoxy) is 1. The Hall–Kier alpha value is -2.40. The Kier molecular flexibility index (Phi) is 4.05. The van der Waals surface area contributed by atoms with Crippen LogP contribution in [-0.2, 0) is 14.9 Å². The van der Waals surface area contributed by atoms with Gasteiger partial charge in [-0.15, -0.1) is 6.58 Å². The van der Waals surface area contributed by atoms with Gasteiger partial charge in [0.1, 0.15) is 0 Å². The van der Waals surface area contributed by atoms with E-state index < -0.39 is 0 Å². The molecular formula is C19H20N2O2S. The highest BCUT2D eigenvalue weighted by atomic mass is 32.1. The smallest absolute Gasteiger partial charge is 0.297 e. The quantitative estimate of drug-likeness (QED) is 0.479. The van der Waals surface area contributed by atoms with E-state index in [1.54, 1.807) is 12.2 Å². The third-order valence-electron chi connectivity index (χ3n) is 4.52. The summed E-state index contributed by atoms with van der Waals surface area (Å²) in [7, 11) is 2.03. The van der Waals surface area contributed by atoms with Crippen LogP contribution in [0, 0.1) is 0 Å². The zero-order valence-electron chi connectivity index (χ0n) is 14.1. The first kappa shape index (κ1) is 16.5. The van der Waals surface area contributed by atoms with Crippen LogP contribution in [0.2, 0.25) is 0 Å². The van der Waals surface area contributed by atoms with Crippen LogP contribution in [0.15, 0.2) is 60.5 Å². The van der Waals surface area contributed by atoms with Crippen molar-refractivity contribution in [3.05, 3.63) is 66.1 Å². The third kappa shape index (κ3) is 2.45. The van der Waals surface area contributed by atoms with E-state index in [-0.39, 0.29) is 22.3 Å². The van der Waals surface area contributed by atoms with Crippen molar-refractivity contribution in [2.45, 2.75) is 19.3 Å². The number of thiocarbonyl (C=S) groups is 1. The van der Waals surface area contributed by atoms with Crippen molar-refractivity contribution in [3.8, 4) is 0 Å². The molecule has 2 heterocycles. The highest BCUT2D eigenvalue weighted by molar-refractivity contribution is 7.80. The number of allylic oxidation sites excluding steroid dienone is 3. The van der Waals surface area contributed by atoms with Crippen LogP contribution in [0.1, 0.15) is 19.4 Å². The lowest BCUT2D eigenvalue weighted by Crippen LogP contribution is -2.28. The minimum absolute atomic E-state index is 0.147. The summed E-state index contributed by atoms with van der Waals surface area (Å²) in [5.41, 5.74) is 3.39. The molecule has 0 saturated carbocycles. The summed E-state index contributed by atoms with van der Waals surface area (Å²) in [6.07, 6.45) is 5.27. The van der Waals surface area contributed by atoms with Gasteiger partial charge in [-0.05, 0) is 36.0 Å². The Morgan fingerprint density at radius 2 is 2.00 bits per heavy atom. The number of benzene rings is 1. The molecule has 1 aromatic carbocycles. The molecule has 0 radical (unpaired) electrons. The van der Waals surface area contributed by atoms with Gasteiger partial charge in [-0.2, -0.15) is 0 Å². The number of hydrogen-bond acceptors (Lipinski definition) is 4. The monoisotopic (exact) mass is 340 g/mol. The predicted octanol–water partition coefficient (Wildman–Crippen LogP) is 3.51. The molecule has 0 unspecified atom stereocenters. The second-order valence-corrected chi connectivity index (χ2v) is 6.71. The minimum Gasteiger partial charge on any atom is -0.426 e. The maximum Gasteiger partial charge on any atom is 0.297 e. The van der Waals surface area contributed by atoms with Crippen molar-refractivity contribution in [1.29, 1.82) is 0 Å². The van der Waals surface area contributed by atoms with Crippen LogP contribution < -0.4 is 4.90 Å².